The molecule has 14 bridgehead atoms. The second-order valence-corrected chi connectivity index (χ2v) is 18.6. The predicted octanol–water partition coefficient (Wildman–Crippen LogP) is 14.5. The van der Waals surface area contributed by atoms with Gasteiger partial charge in [-0.25, -0.2) is 9.97 Å². The molecule has 11 rings (SSSR count). The van der Waals surface area contributed by atoms with Crippen LogP contribution < -0.4 is 18.9 Å². The molecule has 0 radical (unpaired) electrons. The molecule has 4 aromatic carbocycles. The number of aromatic amines is 2. The highest BCUT2D eigenvalue weighted by atomic mass is 16.6. The Hall–Kier alpha value is -7.14. The van der Waals surface area contributed by atoms with Gasteiger partial charge in [0.15, 0.2) is 0 Å². The van der Waals surface area contributed by atoms with Crippen LogP contribution in [0.3, 0.4) is 0 Å². The van der Waals surface area contributed by atoms with Crippen LogP contribution in [0.15, 0.2) is 97.1 Å². The summed E-state index contributed by atoms with van der Waals surface area (Å²) in [6, 6.07) is 33.3. The number of H-pyrrole nitrogens is 2. The van der Waals surface area contributed by atoms with E-state index < -0.39 is 0 Å². The van der Waals surface area contributed by atoms with Gasteiger partial charge in [-0.05, 0) is 134 Å². The Morgan fingerprint density at radius 1 is 0.431 bits per heavy atom. The Balaban J connectivity index is 1.21. The van der Waals surface area contributed by atoms with Crippen molar-refractivity contribution in [2.24, 2.45) is 0 Å². The first-order chi connectivity index (χ1) is 35.2. The minimum absolute atomic E-state index is 0.355. The maximum absolute atomic E-state index is 6.70. The van der Waals surface area contributed by atoms with Crippen LogP contribution in [0.5, 0.6) is 23.0 Å². The van der Waals surface area contributed by atoms with Crippen molar-refractivity contribution in [2.75, 3.05) is 52.9 Å². The number of hydrogen-bond donors (Lipinski definition) is 2. The molecule has 7 aromatic rings. The van der Waals surface area contributed by atoms with Gasteiger partial charge in [0.2, 0.25) is 0 Å². The van der Waals surface area contributed by atoms with E-state index in [0.29, 0.717) is 52.9 Å². The second kappa shape index (κ2) is 21.3. The van der Waals surface area contributed by atoms with Gasteiger partial charge >= 0.3 is 0 Å². The van der Waals surface area contributed by atoms with Gasteiger partial charge in [-0.15, -0.1) is 0 Å². The number of ether oxygens (including phenoxy) is 6. The summed E-state index contributed by atoms with van der Waals surface area (Å²) >= 11 is 0. The van der Waals surface area contributed by atoms with Gasteiger partial charge in [0.1, 0.15) is 49.4 Å². The van der Waals surface area contributed by atoms with E-state index in [0.717, 1.165) is 138 Å². The number of fused-ring (bicyclic) bond motifs is 12. The molecular formula is C62H66N4O6. The summed E-state index contributed by atoms with van der Waals surface area (Å²) in [5.74, 6) is 3.08. The SMILES string of the molecule is CCC1=C(C)c2cc3[nH]c(c(CC)c3C)c3c4nc(cc5[nH]c(c(CC)c5C)c(c1n2)-c1ccccc1OCCOCCOc1cccc2c(cccc12)OCCOCCOc1ccccc1-3)C(C)=C4CC. The van der Waals surface area contributed by atoms with Gasteiger partial charge in [0.05, 0.1) is 60.2 Å². The van der Waals surface area contributed by atoms with Crippen molar-refractivity contribution in [3.8, 4) is 45.3 Å². The van der Waals surface area contributed by atoms with Crippen LogP contribution in [0.2, 0.25) is 0 Å². The number of nitrogens with zero attached hydrogens (tertiary/aromatic N) is 2. The highest BCUT2D eigenvalue weighted by molar-refractivity contribution is 6.04. The third-order valence-corrected chi connectivity index (χ3v) is 14.6. The Kier molecular flexibility index (Phi) is 14.3. The second-order valence-electron chi connectivity index (χ2n) is 18.6. The first-order valence-corrected chi connectivity index (χ1v) is 25.8. The summed E-state index contributed by atoms with van der Waals surface area (Å²) in [4.78, 5) is 19.3. The fourth-order valence-electron chi connectivity index (χ4n) is 10.9. The Morgan fingerprint density at radius 3 is 1.19 bits per heavy atom. The van der Waals surface area contributed by atoms with E-state index in [2.05, 4.69) is 126 Å². The molecule has 0 saturated carbocycles. The molecule has 7 heterocycles. The Morgan fingerprint density at radius 2 is 0.806 bits per heavy atom. The van der Waals surface area contributed by atoms with E-state index in [9.17, 15) is 0 Å². The number of aryl methyl sites for hydroxylation is 4. The fourth-order valence-corrected chi connectivity index (χ4v) is 10.9. The molecule has 0 unspecified atom stereocenters. The van der Waals surface area contributed by atoms with Crippen LogP contribution in [0.1, 0.15) is 99.4 Å². The number of aromatic nitrogens is 4. The van der Waals surface area contributed by atoms with Gasteiger partial charge in [0, 0.05) is 44.1 Å². The summed E-state index contributed by atoms with van der Waals surface area (Å²) in [6.45, 7) is 20.9. The molecule has 72 heavy (non-hydrogen) atoms. The van der Waals surface area contributed by atoms with Crippen molar-refractivity contribution in [1.29, 1.82) is 0 Å². The summed E-state index contributed by atoms with van der Waals surface area (Å²) in [5.41, 5.74) is 21.4. The number of para-hydroxylation sites is 2. The molecule has 0 aliphatic carbocycles. The number of rotatable bonds is 4. The number of nitrogens with one attached hydrogen (secondary N) is 2. The lowest BCUT2D eigenvalue weighted by Crippen LogP contribution is -2.13. The summed E-state index contributed by atoms with van der Waals surface area (Å²) in [7, 11) is 0. The Bertz CT molecular complexity index is 3200. The van der Waals surface area contributed by atoms with Gasteiger partial charge in [-0.1, -0.05) is 88.4 Å². The van der Waals surface area contributed by atoms with E-state index in [1.165, 1.54) is 33.4 Å². The van der Waals surface area contributed by atoms with Crippen molar-refractivity contribution in [3.05, 3.63) is 142 Å². The molecule has 2 N–H and O–H groups in total. The molecule has 3 aromatic heterocycles. The van der Waals surface area contributed by atoms with E-state index >= 15 is 0 Å². The van der Waals surface area contributed by atoms with Gasteiger partial charge in [-0.2, -0.15) is 0 Å². The van der Waals surface area contributed by atoms with Crippen molar-refractivity contribution in [1.82, 2.24) is 19.9 Å². The van der Waals surface area contributed by atoms with Crippen molar-refractivity contribution < 1.29 is 28.4 Å². The lowest BCUT2D eigenvalue weighted by Gasteiger charge is -2.16. The molecule has 4 aliphatic heterocycles. The van der Waals surface area contributed by atoms with Crippen LogP contribution in [0.25, 0.3) is 77.4 Å². The highest BCUT2D eigenvalue weighted by Gasteiger charge is 2.28. The molecular weight excluding hydrogens is 897 g/mol. The van der Waals surface area contributed by atoms with E-state index in [1.807, 2.05) is 36.4 Å². The van der Waals surface area contributed by atoms with Gasteiger partial charge in [-0.3, -0.25) is 0 Å². The van der Waals surface area contributed by atoms with Crippen LogP contribution in [0.4, 0.5) is 0 Å². The molecule has 10 nitrogen and oxygen atoms in total. The minimum Gasteiger partial charge on any atom is -0.491 e. The third kappa shape index (κ3) is 9.07. The van der Waals surface area contributed by atoms with E-state index in [-0.39, 0.29) is 0 Å². The molecule has 0 atom stereocenters. The van der Waals surface area contributed by atoms with Crippen LogP contribution in [0, 0.1) is 13.8 Å². The van der Waals surface area contributed by atoms with Crippen molar-refractivity contribution >= 4 is 55.1 Å². The zero-order chi connectivity index (χ0) is 49.9. The number of allylic oxidation sites excluding steroid dienone is 4. The van der Waals surface area contributed by atoms with Crippen molar-refractivity contribution in [3.63, 3.8) is 0 Å². The average Bonchev–Trinajstić information content (AvgIpc) is 4.09. The summed E-state index contributed by atoms with van der Waals surface area (Å²) in [5, 5.41) is 1.95. The smallest absolute Gasteiger partial charge is 0.127 e. The van der Waals surface area contributed by atoms with Crippen LogP contribution >= 0.6 is 0 Å². The summed E-state index contributed by atoms with van der Waals surface area (Å²) < 4.78 is 38.3. The maximum Gasteiger partial charge on any atom is 0.127 e. The number of hydrogen-bond acceptors (Lipinski definition) is 8. The van der Waals surface area contributed by atoms with Crippen LogP contribution in [-0.4, -0.2) is 72.8 Å². The molecule has 4 aliphatic rings. The molecule has 0 fully saturated rings. The van der Waals surface area contributed by atoms with Gasteiger partial charge in [0.25, 0.3) is 0 Å². The standard InChI is InChI=1S/C62H66N4O6/c1-9-41-37(5)49-35-50-39(7)43(11-3)61(65-50)58-48-20-14-16-24-56(48)72-34-30-68-28-32-70-54-26-18-21-45-46(54)22-17-25-53(45)69-31-27-67-29-33-71-55-23-15-13-19-47(55)57(59(41)63-49)60-42(10-2)38(6)51(64-60)36-52-40(8)44(12-4)62(58)66-52/h13-26,35-36,63,66H,9-12,27-34H2,1-8H3. The minimum atomic E-state index is 0.355. The predicted molar refractivity (Wildman–Crippen MR) is 293 cm³/mol. The van der Waals surface area contributed by atoms with Crippen LogP contribution in [-0.2, 0) is 22.3 Å². The molecule has 370 valence electrons. The zero-order valence-electron chi connectivity index (χ0n) is 43.1. The van der Waals surface area contributed by atoms with Crippen molar-refractivity contribution in [2.45, 2.75) is 81.1 Å². The lowest BCUT2D eigenvalue weighted by atomic mass is 9.93. The fraction of sp³-hybridized carbons (Fsp3) is 0.323. The quantitative estimate of drug-likeness (QED) is 0.168. The monoisotopic (exact) mass is 962 g/mol. The molecule has 10 heteroatoms. The topological polar surface area (TPSA) is 113 Å². The third-order valence-electron chi connectivity index (χ3n) is 14.6. The maximum atomic E-state index is 6.70. The molecule has 0 spiro atoms. The lowest BCUT2D eigenvalue weighted by molar-refractivity contribution is 0.0766. The summed E-state index contributed by atoms with van der Waals surface area (Å²) in [6.07, 6.45) is 3.22. The Labute approximate surface area is 423 Å². The molecule has 0 amide bonds. The zero-order valence-corrected chi connectivity index (χ0v) is 43.1. The normalized spacial score (nSPS) is 14.9. The number of benzene rings is 4. The first-order valence-electron chi connectivity index (χ1n) is 25.8. The molecule has 0 saturated heterocycles. The highest BCUT2D eigenvalue weighted by Crippen LogP contribution is 2.47. The largest absolute Gasteiger partial charge is 0.491 e. The van der Waals surface area contributed by atoms with E-state index in [4.69, 9.17) is 38.4 Å². The first kappa shape index (κ1) is 48.5. The van der Waals surface area contributed by atoms with E-state index in [1.54, 1.807) is 0 Å². The average molecular weight is 963 g/mol. The van der Waals surface area contributed by atoms with Gasteiger partial charge < -0.3 is 38.4 Å².